The largest absolute Gasteiger partial charge is 0.354 e. The molecule has 3 aliphatic rings. The molecule has 0 bridgehead atoms. The highest BCUT2D eigenvalue weighted by Crippen LogP contribution is 2.43. The molecule has 2 fully saturated rings. The molecule has 1 atom stereocenters. The van der Waals surface area contributed by atoms with Gasteiger partial charge >= 0.3 is 0 Å². The summed E-state index contributed by atoms with van der Waals surface area (Å²) in [5.41, 5.74) is 4.82. The normalized spacial score (nSPS) is 18.3. The minimum absolute atomic E-state index is 0.00841. The smallest absolute Gasteiger partial charge is 0.229 e. The van der Waals surface area contributed by atoms with Crippen LogP contribution in [0.1, 0.15) is 62.3 Å². The van der Waals surface area contributed by atoms with E-state index in [0.29, 0.717) is 31.9 Å². The van der Waals surface area contributed by atoms with E-state index in [2.05, 4.69) is 95.3 Å². The van der Waals surface area contributed by atoms with Crippen molar-refractivity contribution in [1.82, 2.24) is 14.7 Å². The summed E-state index contributed by atoms with van der Waals surface area (Å²) in [6.45, 7) is 9.13. The molecule has 0 aromatic heterocycles. The van der Waals surface area contributed by atoms with E-state index in [1.807, 2.05) is 11.0 Å². The predicted molar refractivity (Wildman–Crippen MR) is 170 cm³/mol. The Labute approximate surface area is 255 Å². The minimum atomic E-state index is 0.00841. The van der Waals surface area contributed by atoms with E-state index in [9.17, 15) is 15.3 Å². The summed E-state index contributed by atoms with van der Waals surface area (Å²) < 4.78 is 0. The number of carbonyl (C=O) groups is 1. The average molecular weight is 573 g/mol. The summed E-state index contributed by atoms with van der Waals surface area (Å²) in [5.74, 6) is 0.712. The Morgan fingerprint density at radius 1 is 0.953 bits per heavy atom. The van der Waals surface area contributed by atoms with Gasteiger partial charge in [-0.15, -0.1) is 0 Å². The van der Waals surface area contributed by atoms with Crippen LogP contribution in [0.2, 0.25) is 0 Å². The molecule has 3 aromatic carbocycles. The Kier molecular flexibility index (Phi) is 8.36. The molecule has 1 unspecified atom stereocenters. The molecular weight excluding hydrogens is 532 g/mol. The molecule has 3 aromatic rings. The topological polar surface area (TPSA) is 77.6 Å². The van der Waals surface area contributed by atoms with Crippen molar-refractivity contribution in [3.63, 3.8) is 0 Å². The SMILES string of the molecule is CC(C)N(C(=O)CCN1CCN(C2Cc3cccc4cccc2c34)C1=C(C#N)C#N)c1cccc(CN2CCCCC2)c1. The Bertz CT molecular complexity index is 1600. The predicted octanol–water partition coefficient (Wildman–Crippen LogP) is 6.13. The molecule has 0 saturated carbocycles. The third-order valence-corrected chi connectivity index (χ3v) is 9.23. The standard InChI is InChI=1S/C36H40N6O/c1-26(2)42(31-13-6-9-27(21-31)25-39-16-4-3-5-17-39)34(43)15-18-40-19-20-41(36(40)30(23-37)24-38)33-22-29-12-7-10-28-11-8-14-32(33)35(28)29/h6-14,21,26,33H,3-5,15-20,22,25H2,1-2H3. The number of allylic oxidation sites excluding steroid dienone is 1. The van der Waals surface area contributed by atoms with Gasteiger partial charge in [-0.1, -0.05) is 55.0 Å². The lowest BCUT2D eigenvalue weighted by Gasteiger charge is -2.32. The van der Waals surface area contributed by atoms with Crippen LogP contribution in [0.15, 0.2) is 72.1 Å². The molecule has 7 nitrogen and oxygen atoms in total. The third-order valence-electron chi connectivity index (χ3n) is 9.23. The zero-order valence-corrected chi connectivity index (χ0v) is 25.3. The monoisotopic (exact) mass is 572 g/mol. The van der Waals surface area contributed by atoms with E-state index in [1.54, 1.807) is 0 Å². The van der Waals surface area contributed by atoms with Crippen molar-refractivity contribution in [2.45, 2.75) is 64.6 Å². The van der Waals surface area contributed by atoms with Gasteiger partial charge in [-0.2, -0.15) is 10.5 Å². The van der Waals surface area contributed by atoms with Crippen LogP contribution in [-0.2, 0) is 17.8 Å². The molecule has 0 spiro atoms. The number of piperidine rings is 1. The number of nitrogens with zero attached hydrogens (tertiary/aromatic N) is 6. The van der Waals surface area contributed by atoms with Crippen molar-refractivity contribution >= 4 is 22.4 Å². The fourth-order valence-electron chi connectivity index (χ4n) is 7.33. The number of rotatable bonds is 8. The Hall–Kier alpha value is -4.33. The summed E-state index contributed by atoms with van der Waals surface area (Å²) in [5, 5.41) is 22.4. The summed E-state index contributed by atoms with van der Waals surface area (Å²) in [4.78, 5) is 22.5. The summed E-state index contributed by atoms with van der Waals surface area (Å²) in [6.07, 6.45) is 4.96. The zero-order chi connectivity index (χ0) is 29.9. The number of benzene rings is 3. The lowest BCUT2D eigenvalue weighted by atomic mass is 10.0. The zero-order valence-electron chi connectivity index (χ0n) is 25.3. The number of likely N-dealkylation sites (tertiary alicyclic amines) is 1. The number of carbonyl (C=O) groups excluding carboxylic acids is 1. The van der Waals surface area contributed by atoms with E-state index in [1.165, 1.54) is 46.7 Å². The third kappa shape index (κ3) is 5.70. The van der Waals surface area contributed by atoms with Crippen LogP contribution in [0.4, 0.5) is 5.69 Å². The van der Waals surface area contributed by atoms with Crippen LogP contribution < -0.4 is 4.90 Å². The molecule has 6 rings (SSSR count). The lowest BCUT2D eigenvalue weighted by molar-refractivity contribution is -0.119. The van der Waals surface area contributed by atoms with Crippen LogP contribution in [0, 0.1) is 22.7 Å². The molecule has 2 heterocycles. The van der Waals surface area contributed by atoms with Crippen LogP contribution in [0.3, 0.4) is 0 Å². The first-order valence-corrected chi connectivity index (χ1v) is 15.7. The van der Waals surface area contributed by atoms with Gasteiger partial charge in [0.2, 0.25) is 5.91 Å². The Morgan fingerprint density at radius 3 is 2.44 bits per heavy atom. The molecule has 7 heteroatoms. The highest BCUT2D eigenvalue weighted by atomic mass is 16.2. The van der Waals surface area contributed by atoms with Crippen molar-refractivity contribution < 1.29 is 4.79 Å². The average Bonchev–Trinajstić information content (AvgIpc) is 3.60. The number of nitriles is 2. The molecule has 1 amide bonds. The first-order valence-electron chi connectivity index (χ1n) is 15.7. The maximum atomic E-state index is 13.8. The molecule has 1 aliphatic carbocycles. The van der Waals surface area contributed by atoms with Crippen molar-refractivity contribution in [2.75, 3.05) is 37.6 Å². The van der Waals surface area contributed by atoms with Crippen LogP contribution in [0.25, 0.3) is 10.8 Å². The first-order chi connectivity index (χ1) is 21.0. The van der Waals surface area contributed by atoms with Crippen molar-refractivity contribution in [3.05, 3.63) is 88.7 Å². The minimum Gasteiger partial charge on any atom is -0.354 e. The second kappa shape index (κ2) is 12.5. The maximum Gasteiger partial charge on any atom is 0.229 e. The second-order valence-electron chi connectivity index (χ2n) is 12.3. The Morgan fingerprint density at radius 2 is 1.70 bits per heavy atom. The second-order valence-corrected chi connectivity index (χ2v) is 12.3. The number of hydrogen-bond acceptors (Lipinski definition) is 6. The maximum absolute atomic E-state index is 13.8. The van der Waals surface area contributed by atoms with Crippen LogP contribution in [0.5, 0.6) is 0 Å². The van der Waals surface area contributed by atoms with E-state index >= 15 is 0 Å². The van der Waals surface area contributed by atoms with Gasteiger partial charge in [0.15, 0.2) is 5.57 Å². The van der Waals surface area contributed by atoms with Gasteiger partial charge in [0, 0.05) is 44.3 Å². The highest BCUT2D eigenvalue weighted by Gasteiger charge is 2.37. The fraction of sp³-hybridized carbons (Fsp3) is 0.417. The summed E-state index contributed by atoms with van der Waals surface area (Å²) in [7, 11) is 0. The number of hydrogen-bond donors (Lipinski definition) is 0. The van der Waals surface area contributed by atoms with E-state index in [0.717, 1.165) is 31.7 Å². The quantitative estimate of drug-likeness (QED) is 0.302. The van der Waals surface area contributed by atoms with E-state index in [4.69, 9.17) is 0 Å². The molecule has 2 saturated heterocycles. The van der Waals surface area contributed by atoms with Gasteiger partial charge in [-0.25, -0.2) is 0 Å². The van der Waals surface area contributed by atoms with Crippen LogP contribution in [-0.4, -0.2) is 59.4 Å². The van der Waals surface area contributed by atoms with Crippen molar-refractivity contribution in [2.24, 2.45) is 0 Å². The van der Waals surface area contributed by atoms with Gasteiger partial charge in [0.05, 0.1) is 6.04 Å². The van der Waals surface area contributed by atoms with Gasteiger partial charge in [0.25, 0.3) is 0 Å². The molecule has 0 radical (unpaired) electrons. The molecule has 220 valence electrons. The van der Waals surface area contributed by atoms with Gasteiger partial charge < -0.3 is 14.7 Å². The molecular formula is C36H40N6O. The van der Waals surface area contributed by atoms with Crippen LogP contribution >= 0.6 is 0 Å². The summed E-state index contributed by atoms with van der Waals surface area (Å²) >= 11 is 0. The molecule has 43 heavy (non-hydrogen) atoms. The highest BCUT2D eigenvalue weighted by molar-refractivity contribution is 5.94. The fourth-order valence-corrected chi connectivity index (χ4v) is 7.33. The summed E-state index contributed by atoms with van der Waals surface area (Å²) in [6, 6.07) is 25.6. The molecule has 2 aliphatic heterocycles. The number of anilines is 1. The van der Waals surface area contributed by atoms with Gasteiger partial charge in [-0.05, 0) is 85.8 Å². The molecule has 0 N–H and O–H groups in total. The van der Waals surface area contributed by atoms with Gasteiger partial charge in [-0.3, -0.25) is 9.69 Å². The van der Waals surface area contributed by atoms with Crippen molar-refractivity contribution in [1.29, 1.82) is 10.5 Å². The van der Waals surface area contributed by atoms with E-state index < -0.39 is 0 Å². The van der Waals surface area contributed by atoms with Gasteiger partial charge in [0.1, 0.15) is 18.0 Å². The Balaban J connectivity index is 1.20. The lowest BCUT2D eigenvalue weighted by Crippen LogP contribution is -2.39. The first kappa shape index (κ1) is 28.8. The van der Waals surface area contributed by atoms with Crippen molar-refractivity contribution in [3.8, 4) is 12.1 Å². The number of amides is 1. The van der Waals surface area contributed by atoms with E-state index in [-0.39, 0.29) is 23.6 Å².